The summed E-state index contributed by atoms with van der Waals surface area (Å²) in [6, 6.07) is 10.2. The molecule has 0 saturated carbocycles. The molecule has 1 fully saturated rings. The number of rotatable bonds is 5. The van der Waals surface area contributed by atoms with E-state index in [0.29, 0.717) is 19.6 Å². The van der Waals surface area contributed by atoms with Crippen molar-refractivity contribution in [2.75, 3.05) is 19.7 Å². The van der Waals surface area contributed by atoms with E-state index in [1.807, 2.05) is 35.2 Å². The molecule has 124 valence electrons. The number of nitrogens with two attached hydrogens (primary N) is 1. The number of nitrogens with zero attached hydrogens (tertiary/aromatic N) is 1. The summed E-state index contributed by atoms with van der Waals surface area (Å²) < 4.78 is 5.58. The highest BCUT2D eigenvalue weighted by Gasteiger charge is 2.34. The summed E-state index contributed by atoms with van der Waals surface area (Å²) in [6.07, 6.45) is 1.32. The third kappa shape index (κ3) is 5.27. The lowest BCUT2D eigenvalue weighted by Gasteiger charge is -2.42. The van der Waals surface area contributed by atoms with E-state index in [0.717, 1.165) is 25.1 Å². The predicted molar refractivity (Wildman–Crippen MR) is 90.9 cm³/mol. The van der Waals surface area contributed by atoms with Crippen LogP contribution in [0.2, 0.25) is 0 Å². The van der Waals surface area contributed by atoms with Crippen molar-refractivity contribution >= 4 is 18.3 Å². The van der Waals surface area contributed by atoms with Gasteiger partial charge in [-0.2, -0.15) is 0 Å². The molecule has 1 aliphatic rings. The molecule has 1 amide bonds. The van der Waals surface area contributed by atoms with Crippen molar-refractivity contribution in [2.24, 2.45) is 11.1 Å². The molecule has 0 aromatic heterocycles. The van der Waals surface area contributed by atoms with Crippen LogP contribution in [0, 0.1) is 5.41 Å². The fraction of sp³-hybridized carbons (Fsp3) is 0.588. The average Bonchev–Trinajstić information content (AvgIpc) is 2.47. The van der Waals surface area contributed by atoms with Crippen LogP contribution < -0.4 is 5.73 Å². The van der Waals surface area contributed by atoms with Crippen LogP contribution >= 0.6 is 12.4 Å². The molecule has 2 rings (SSSR count). The smallest absolute Gasteiger partial charge is 0.224 e. The third-order valence-corrected chi connectivity index (χ3v) is 4.24. The molecule has 0 bridgehead atoms. The van der Waals surface area contributed by atoms with Crippen molar-refractivity contribution in [3.8, 4) is 0 Å². The Balaban J connectivity index is 0.00000242. The number of benzene rings is 1. The zero-order valence-corrected chi connectivity index (χ0v) is 14.3. The van der Waals surface area contributed by atoms with Gasteiger partial charge in [0.1, 0.15) is 0 Å². The molecule has 0 spiro atoms. The van der Waals surface area contributed by atoms with Crippen LogP contribution in [0.5, 0.6) is 0 Å². The van der Waals surface area contributed by atoms with E-state index in [1.165, 1.54) is 0 Å². The highest BCUT2D eigenvalue weighted by Crippen LogP contribution is 2.27. The minimum absolute atomic E-state index is 0. The normalized spacial score (nSPS) is 20.3. The molecule has 1 aromatic carbocycles. The van der Waals surface area contributed by atoms with Gasteiger partial charge in [0.15, 0.2) is 0 Å². The van der Waals surface area contributed by atoms with Gasteiger partial charge in [-0.3, -0.25) is 4.79 Å². The molecule has 1 aromatic rings. The first-order valence-corrected chi connectivity index (χ1v) is 7.64. The Hall–Kier alpha value is -1.10. The van der Waals surface area contributed by atoms with Crippen LogP contribution in [0.15, 0.2) is 30.3 Å². The molecule has 22 heavy (non-hydrogen) atoms. The summed E-state index contributed by atoms with van der Waals surface area (Å²) in [5.74, 6) is 0.169. The first-order chi connectivity index (χ1) is 9.99. The Morgan fingerprint density at radius 1 is 1.36 bits per heavy atom. The van der Waals surface area contributed by atoms with Gasteiger partial charge in [-0.1, -0.05) is 44.2 Å². The first-order valence-electron chi connectivity index (χ1n) is 7.64. The number of amides is 1. The number of hydrogen-bond donors (Lipinski definition) is 1. The fourth-order valence-corrected chi connectivity index (χ4v) is 2.67. The van der Waals surface area contributed by atoms with E-state index in [2.05, 4.69) is 13.8 Å². The minimum atomic E-state index is -0.00118. The van der Waals surface area contributed by atoms with Crippen LogP contribution in [-0.2, 0) is 16.1 Å². The molecule has 1 atom stereocenters. The minimum Gasteiger partial charge on any atom is -0.376 e. The molecule has 4 nitrogen and oxygen atoms in total. The van der Waals surface area contributed by atoms with Crippen molar-refractivity contribution in [1.82, 2.24) is 4.90 Å². The molecule has 1 unspecified atom stereocenters. The molecule has 0 aliphatic carbocycles. The van der Waals surface area contributed by atoms with Gasteiger partial charge in [-0.15, -0.1) is 12.4 Å². The summed E-state index contributed by atoms with van der Waals surface area (Å²) >= 11 is 0. The summed E-state index contributed by atoms with van der Waals surface area (Å²) in [6.45, 7) is 6.79. The summed E-state index contributed by atoms with van der Waals surface area (Å²) in [7, 11) is 0. The molecule has 5 heteroatoms. The van der Waals surface area contributed by atoms with Crippen LogP contribution in [-0.4, -0.2) is 36.5 Å². The topological polar surface area (TPSA) is 55.6 Å². The second-order valence-corrected chi connectivity index (χ2v) is 6.49. The van der Waals surface area contributed by atoms with Gasteiger partial charge >= 0.3 is 0 Å². The van der Waals surface area contributed by atoms with Crippen molar-refractivity contribution in [3.63, 3.8) is 0 Å². The molecular formula is C17H27ClN2O2. The lowest BCUT2D eigenvalue weighted by molar-refractivity contribution is -0.135. The molecule has 1 heterocycles. The maximum absolute atomic E-state index is 12.2. The summed E-state index contributed by atoms with van der Waals surface area (Å²) in [5.41, 5.74) is 7.23. The zero-order chi connectivity index (χ0) is 15.3. The number of halogens is 1. The number of carbonyl (C=O) groups is 1. The molecule has 0 radical (unpaired) electrons. The largest absolute Gasteiger partial charge is 0.376 e. The predicted octanol–water partition coefficient (Wildman–Crippen LogP) is 2.60. The molecule has 1 saturated heterocycles. The number of hydrogen-bond acceptors (Lipinski definition) is 3. The van der Waals surface area contributed by atoms with E-state index in [1.54, 1.807) is 0 Å². The number of ether oxygens (including phenoxy) is 1. The Kier molecular flexibility index (Phi) is 7.33. The highest BCUT2D eigenvalue weighted by atomic mass is 35.5. The lowest BCUT2D eigenvalue weighted by atomic mass is 9.79. The quantitative estimate of drug-likeness (QED) is 0.846. The Bertz CT molecular complexity index is 465. The molecule has 2 N–H and O–H groups in total. The maximum atomic E-state index is 12.2. The Morgan fingerprint density at radius 3 is 2.68 bits per heavy atom. The van der Waals surface area contributed by atoms with Gasteiger partial charge in [-0.25, -0.2) is 0 Å². The van der Waals surface area contributed by atoms with Crippen molar-refractivity contribution in [3.05, 3.63) is 35.9 Å². The second-order valence-electron chi connectivity index (χ2n) is 6.49. The number of likely N-dealkylation sites (tertiary alicyclic amines) is 1. The van der Waals surface area contributed by atoms with Gasteiger partial charge in [-0.05, 0) is 17.4 Å². The van der Waals surface area contributed by atoms with Gasteiger partial charge in [0.2, 0.25) is 5.91 Å². The van der Waals surface area contributed by atoms with Crippen LogP contribution in [0.4, 0.5) is 0 Å². The third-order valence-electron chi connectivity index (χ3n) is 4.24. The standard InChI is InChI=1S/C17H26N2O2.ClH/c1-17(2)13-19(10-8-15(17)18)16(20)9-11-21-12-14-6-4-3-5-7-14;/h3-7,15H,8-13,18H2,1-2H3;1H. The first kappa shape index (κ1) is 18.9. The van der Waals surface area contributed by atoms with Gasteiger partial charge < -0.3 is 15.4 Å². The van der Waals surface area contributed by atoms with E-state index < -0.39 is 0 Å². The zero-order valence-electron chi connectivity index (χ0n) is 13.5. The van der Waals surface area contributed by atoms with Crippen molar-refractivity contribution in [1.29, 1.82) is 0 Å². The fourth-order valence-electron chi connectivity index (χ4n) is 2.67. The second kappa shape index (κ2) is 8.51. The Morgan fingerprint density at radius 2 is 2.05 bits per heavy atom. The molecule has 1 aliphatic heterocycles. The lowest BCUT2D eigenvalue weighted by Crippen LogP contribution is -2.54. The van der Waals surface area contributed by atoms with E-state index >= 15 is 0 Å². The number of piperidine rings is 1. The van der Waals surface area contributed by atoms with Gasteiger partial charge in [0.05, 0.1) is 19.6 Å². The van der Waals surface area contributed by atoms with Crippen molar-refractivity contribution < 1.29 is 9.53 Å². The van der Waals surface area contributed by atoms with Gasteiger partial charge in [0.25, 0.3) is 0 Å². The highest BCUT2D eigenvalue weighted by molar-refractivity contribution is 5.85. The summed E-state index contributed by atoms with van der Waals surface area (Å²) in [4.78, 5) is 14.1. The SMILES string of the molecule is CC1(C)CN(C(=O)CCOCc2ccccc2)CCC1N.Cl. The van der Waals surface area contributed by atoms with E-state index in [9.17, 15) is 4.79 Å². The van der Waals surface area contributed by atoms with Crippen molar-refractivity contribution in [2.45, 2.75) is 39.3 Å². The van der Waals surface area contributed by atoms with Crippen LogP contribution in [0.1, 0.15) is 32.3 Å². The number of carbonyl (C=O) groups excluding carboxylic acids is 1. The molecular weight excluding hydrogens is 300 g/mol. The Labute approximate surface area is 139 Å². The van der Waals surface area contributed by atoms with Crippen LogP contribution in [0.3, 0.4) is 0 Å². The van der Waals surface area contributed by atoms with Gasteiger partial charge in [0, 0.05) is 19.1 Å². The summed E-state index contributed by atoms with van der Waals surface area (Å²) in [5, 5.41) is 0. The van der Waals surface area contributed by atoms with E-state index in [4.69, 9.17) is 10.5 Å². The maximum Gasteiger partial charge on any atom is 0.224 e. The average molecular weight is 327 g/mol. The van der Waals surface area contributed by atoms with E-state index in [-0.39, 0.29) is 29.8 Å². The monoisotopic (exact) mass is 326 g/mol. The van der Waals surface area contributed by atoms with Crippen LogP contribution in [0.25, 0.3) is 0 Å².